The van der Waals surface area contributed by atoms with Crippen molar-refractivity contribution < 1.29 is 24.5 Å². The molecule has 314 valence electrons. The number of carbonyl (C=O) groups excluding carboxylic acids is 2. The van der Waals surface area contributed by atoms with Gasteiger partial charge in [-0.05, 0) is 51.4 Å². The molecule has 53 heavy (non-hydrogen) atoms. The van der Waals surface area contributed by atoms with E-state index in [1.54, 1.807) is 0 Å². The number of carbonyl (C=O) groups is 2. The van der Waals surface area contributed by atoms with Crippen molar-refractivity contribution in [1.29, 1.82) is 0 Å². The van der Waals surface area contributed by atoms with Gasteiger partial charge in [0, 0.05) is 12.8 Å². The Morgan fingerprint density at radius 1 is 0.509 bits per heavy atom. The maximum atomic E-state index is 12.4. The molecular weight excluding hydrogens is 659 g/mol. The average Bonchev–Trinajstić information content (AvgIpc) is 3.16. The summed E-state index contributed by atoms with van der Waals surface area (Å²) in [7, 11) is 0. The van der Waals surface area contributed by atoms with Crippen LogP contribution >= 0.6 is 0 Å². The fourth-order valence-corrected chi connectivity index (χ4v) is 7.16. The normalized spacial score (nSPS) is 12.8. The minimum Gasteiger partial charge on any atom is -0.466 e. The maximum absolute atomic E-state index is 12.4. The highest BCUT2D eigenvalue weighted by Crippen LogP contribution is 2.16. The third-order valence-electron chi connectivity index (χ3n) is 10.8. The summed E-state index contributed by atoms with van der Waals surface area (Å²) >= 11 is 0. The van der Waals surface area contributed by atoms with Gasteiger partial charge in [-0.25, -0.2) is 0 Å². The molecule has 6 nitrogen and oxygen atoms in total. The Morgan fingerprint density at radius 2 is 0.887 bits per heavy atom. The highest BCUT2D eigenvalue weighted by Gasteiger charge is 2.20. The summed E-state index contributed by atoms with van der Waals surface area (Å²) in [5, 5.41) is 23.1. The Balaban J connectivity index is 3.44. The summed E-state index contributed by atoms with van der Waals surface area (Å²) in [6, 6.07) is -0.548. The molecule has 1 amide bonds. The van der Waals surface area contributed by atoms with Crippen LogP contribution in [-0.4, -0.2) is 47.4 Å². The molecule has 2 unspecified atom stereocenters. The zero-order chi connectivity index (χ0) is 38.7. The largest absolute Gasteiger partial charge is 0.466 e. The van der Waals surface area contributed by atoms with E-state index in [0.29, 0.717) is 25.9 Å². The molecule has 0 spiro atoms. The SMILES string of the molecule is CCCCCC/C=C\CCCCCCCC(=O)OCCCCCCCCCCCCCCCC(=O)NC(CO)C(O)CCCCCCCCCCCC. The van der Waals surface area contributed by atoms with E-state index >= 15 is 0 Å². The van der Waals surface area contributed by atoms with E-state index in [0.717, 1.165) is 51.4 Å². The molecule has 0 rings (SSSR count). The van der Waals surface area contributed by atoms with Gasteiger partial charge in [0.1, 0.15) is 0 Å². The fraction of sp³-hybridized carbons (Fsp3) is 0.915. The van der Waals surface area contributed by atoms with Crippen molar-refractivity contribution in [3.63, 3.8) is 0 Å². The van der Waals surface area contributed by atoms with Crippen LogP contribution in [0.25, 0.3) is 0 Å². The number of ether oxygens (including phenoxy) is 1. The molecule has 3 N–H and O–H groups in total. The zero-order valence-electron chi connectivity index (χ0n) is 35.5. The molecule has 0 aromatic rings. The van der Waals surface area contributed by atoms with Crippen LogP contribution in [0.3, 0.4) is 0 Å². The molecule has 0 saturated carbocycles. The second-order valence-corrected chi connectivity index (χ2v) is 16.1. The lowest BCUT2D eigenvalue weighted by atomic mass is 10.0. The lowest BCUT2D eigenvalue weighted by molar-refractivity contribution is -0.143. The monoisotopic (exact) mass is 750 g/mol. The van der Waals surface area contributed by atoms with E-state index in [1.807, 2.05) is 0 Å². The highest BCUT2D eigenvalue weighted by atomic mass is 16.5. The molecule has 0 aliphatic carbocycles. The van der Waals surface area contributed by atoms with Crippen molar-refractivity contribution in [3.05, 3.63) is 12.2 Å². The first-order chi connectivity index (χ1) is 26.0. The molecule has 0 saturated heterocycles. The van der Waals surface area contributed by atoms with Gasteiger partial charge in [-0.2, -0.15) is 0 Å². The van der Waals surface area contributed by atoms with Crippen LogP contribution in [-0.2, 0) is 14.3 Å². The average molecular weight is 750 g/mol. The standard InChI is InChI=1S/C47H91NO5/c1-3-5-7-9-11-13-15-17-21-25-29-33-37-41-47(52)53-42-38-34-30-26-22-19-16-18-20-24-28-32-36-40-46(51)48-44(43-49)45(50)39-35-31-27-23-14-12-10-8-6-4-2/h13,15,44-45,49-50H,3-12,14,16-43H2,1-2H3,(H,48,51)/b15-13-. The van der Waals surface area contributed by atoms with Crippen molar-refractivity contribution in [1.82, 2.24) is 5.32 Å². The van der Waals surface area contributed by atoms with Crippen LogP contribution in [0.4, 0.5) is 0 Å². The highest BCUT2D eigenvalue weighted by molar-refractivity contribution is 5.76. The summed E-state index contributed by atoms with van der Waals surface area (Å²) in [4.78, 5) is 24.4. The van der Waals surface area contributed by atoms with Crippen LogP contribution in [0.1, 0.15) is 251 Å². The molecule has 0 radical (unpaired) electrons. The van der Waals surface area contributed by atoms with E-state index in [1.165, 1.54) is 167 Å². The lowest BCUT2D eigenvalue weighted by Crippen LogP contribution is -2.45. The number of rotatable bonds is 43. The number of amides is 1. The second-order valence-electron chi connectivity index (χ2n) is 16.1. The van der Waals surface area contributed by atoms with Crippen LogP contribution in [0.15, 0.2) is 12.2 Å². The Labute approximate surface area is 329 Å². The van der Waals surface area contributed by atoms with Gasteiger partial charge in [-0.1, -0.05) is 199 Å². The number of hydrogen-bond donors (Lipinski definition) is 3. The van der Waals surface area contributed by atoms with Gasteiger partial charge in [-0.3, -0.25) is 9.59 Å². The van der Waals surface area contributed by atoms with E-state index in [9.17, 15) is 19.8 Å². The van der Waals surface area contributed by atoms with Gasteiger partial charge in [0.15, 0.2) is 0 Å². The van der Waals surface area contributed by atoms with E-state index in [-0.39, 0.29) is 18.5 Å². The van der Waals surface area contributed by atoms with Crippen molar-refractivity contribution in [2.45, 2.75) is 264 Å². The van der Waals surface area contributed by atoms with Gasteiger partial charge in [0.25, 0.3) is 0 Å². The quantitative estimate of drug-likeness (QED) is 0.0328. The Morgan fingerprint density at radius 3 is 1.36 bits per heavy atom. The topological polar surface area (TPSA) is 95.9 Å². The third kappa shape index (κ3) is 40.1. The first-order valence-corrected chi connectivity index (χ1v) is 23.4. The number of nitrogens with one attached hydrogen (secondary N) is 1. The van der Waals surface area contributed by atoms with Gasteiger partial charge >= 0.3 is 5.97 Å². The van der Waals surface area contributed by atoms with Gasteiger partial charge in [0.05, 0.1) is 25.4 Å². The third-order valence-corrected chi connectivity index (χ3v) is 10.8. The van der Waals surface area contributed by atoms with E-state index in [2.05, 4.69) is 31.3 Å². The summed E-state index contributed by atoms with van der Waals surface area (Å²) < 4.78 is 5.44. The molecule has 2 atom stereocenters. The molecular formula is C47H91NO5. The Kier molecular flexibility index (Phi) is 42.2. The number of unbranched alkanes of at least 4 members (excludes halogenated alkanes) is 30. The minimum atomic E-state index is -0.670. The van der Waals surface area contributed by atoms with E-state index < -0.39 is 12.1 Å². The summed E-state index contributed by atoms with van der Waals surface area (Å²) in [5.74, 6) is -0.0653. The summed E-state index contributed by atoms with van der Waals surface area (Å²) in [6.45, 7) is 4.88. The molecule has 0 fully saturated rings. The number of esters is 1. The van der Waals surface area contributed by atoms with Gasteiger partial charge in [0.2, 0.25) is 5.91 Å². The summed E-state index contributed by atoms with van der Waals surface area (Å²) in [5.41, 5.74) is 0. The van der Waals surface area contributed by atoms with Crippen molar-refractivity contribution >= 4 is 11.9 Å². The van der Waals surface area contributed by atoms with Gasteiger partial charge < -0.3 is 20.3 Å². The molecule has 0 aromatic carbocycles. The summed E-state index contributed by atoms with van der Waals surface area (Å²) in [6.07, 6.45) is 47.4. The number of aliphatic hydroxyl groups is 2. The van der Waals surface area contributed by atoms with Crippen LogP contribution in [0, 0.1) is 0 Å². The van der Waals surface area contributed by atoms with Crippen LogP contribution in [0.5, 0.6) is 0 Å². The fourth-order valence-electron chi connectivity index (χ4n) is 7.16. The van der Waals surface area contributed by atoms with Crippen molar-refractivity contribution in [3.8, 4) is 0 Å². The zero-order valence-corrected chi connectivity index (χ0v) is 35.5. The molecule has 6 heteroatoms. The van der Waals surface area contributed by atoms with Crippen molar-refractivity contribution in [2.24, 2.45) is 0 Å². The number of allylic oxidation sites excluding steroid dienone is 2. The molecule has 0 bridgehead atoms. The lowest BCUT2D eigenvalue weighted by Gasteiger charge is -2.22. The smallest absolute Gasteiger partial charge is 0.305 e. The second kappa shape index (κ2) is 43.3. The van der Waals surface area contributed by atoms with Crippen molar-refractivity contribution in [2.75, 3.05) is 13.2 Å². The predicted molar refractivity (Wildman–Crippen MR) is 227 cm³/mol. The first-order valence-electron chi connectivity index (χ1n) is 23.4. The number of hydrogen-bond acceptors (Lipinski definition) is 5. The Bertz CT molecular complexity index is 787. The maximum Gasteiger partial charge on any atom is 0.305 e. The molecule has 0 aliphatic rings. The van der Waals surface area contributed by atoms with Crippen LogP contribution in [0.2, 0.25) is 0 Å². The molecule has 0 aliphatic heterocycles. The van der Waals surface area contributed by atoms with Gasteiger partial charge in [-0.15, -0.1) is 0 Å². The number of aliphatic hydroxyl groups excluding tert-OH is 2. The Hall–Kier alpha value is -1.40. The molecule has 0 aromatic heterocycles. The molecule has 0 heterocycles. The van der Waals surface area contributed by atoms with Crippen LogP contribution < -0.4 is 5.32 Å². The van der Waals surface area contributed by atoms with E-state index in [4.69, 9.17) is 4.74 Å². The minimum absolute atomic E-state index is 0.0151. The first kappa shape index (κ1) is 51.6. The predicted octanol–water partition coefficient (Wildman–Crippen LogP) is 13.4.